The fraction of sp³-hybridized carbons (Fsp3) is 0.917. The number of nitrogens with one attached hydrogen (secondary N) is 1. The van der Waals surface area contributed by atoms with Crippen molar-refractivity contribution in [2.24, 2.45) is 0 Å². The first kappa shape index (κ1) is 13.7. The van der Waals surface area contributed by atoms with E-state index in [1.807, 2.05) is 0 Å². The minimum Gasteiger partial charge on any atom is -0.360 e. The summed E-state index contributed by atoms with van der Waals surface area (Å²) >= 11 is 5.39. The Hall–Kier alpha value is -0.350. The van der Waals surface area contributed by atoms with Crippen LogP contribution in [0.5, 0.6) is 0 Å². The average molecular weight is 243 g/mol. The molecule has 16 heavy (non-hydrogen) atoms. The van der Waals surface area contributed by atoms with Crippen molar-refractivity contribution in [2.75, 3.05) is 26.7 Å². The van der Waals surface area contributed by atoms with Crippen LogP contribution in [0.2, 0.25) is 0 Å². The Morgan fingerprint density at radius 3 is 2.44 bits per heavy atom. The molecule has 0 unspecified atom stereocenters. The van der Waals surface area contributed by atoms with E-state index in [0.29, 0.717) is 12.1 Å². The van der Waals surface area contributed by atoms with Gasteiger partial charge in [0.15, 0.2) is 5.11 Å². The molecular weight excluding hydrogens is 218 g/mol. The van der Waals surface area contributed by atoms with Crippen LogP contribution in [0.15, 0.2) is 0 Å². The molecule has 0 aromatic carbocycles. The Balaban J connectivity index is 2.37. The number of hydrogen-bond donors (Lipinski definition) is 1. The van der Waals surface area contributed by atoms with Gasteiger partial charge in [0, 0.05) is 32.2 Å². The lowest BCUT2D eigenvalue weighted by atomic mass is 10.0. The van der Waals surface area contributed by atoms with Gasteiger partial charge in [-0.1, -0.05) is 6.92 Å². The molecule has 0 amide bonds. The Bertz CT molecular complexity index is 222. The monoisotopic (exact) mass is 243 g/mol. The average Bonchev–Trinajstić information content (AvgIpc) is 2.27. The van der Waals surface area contributed by atoms with Crippen molar-refractivity contribution in [1.29, 1.82) is 0 Å². The van der Waals surface area contributed by atoms with Crippen LogP contribution in [-0.2, 0) is 0 Å². The number of likely N-dealkylation sites (tertiary alicyclic amines) is 1. The molecule has 0 bridgehead atoms. The fourth-order valence-corrected chi connectivity index (χ4v) is 2.52. The van der Waals surface area contributed by atoms with Crippen LogP contribution in [0, 0.1) is 0 Å². The minimum atomic E-state index is 0.422. The SMILES string of the molecule is CCN1CCC(N(C)C(=S)NC(C)C)CC1. The summed E-state index contributed by atoms with van der Waals surface area (Å²) in [4.78, 5) is 4.74. The molecule has 1 N–H and O–H groups in total. The summed E-state index contributed by atoms with van der Waals surface area (Å²) in [5, 5.41) is 4.20. The Labute approximate surface area is 105 Å². The summed E-state index contributed by atoms with van der Waals surface area (Å²) in [6, 6.07) is 1.03. The van der Waals surface area contributed by atoms with Gasteiger partial charge in [-0.25, -0.2) is 0 Å². The number of hydrogen-bond acceptors (Lipinski definition) is 2. The molecule has 1 heterocycles. The number of nitrogens with zero attached hydrogens (tertiary/aromatic N) is 2. The molecule has 1 fully saturated rings. The van der Waals surface area contributed by atoms with Crippen molar-refractivity contribution in [3.05, 3.63) is 0 Å². The van der Waals surface area contributed by atoms with Gasteiger partial charge in [0.2, 0.25) is 0 Å². The molecule has 0 aliphatic carbocycles. The maximum absolute atomic E-state index is 5.39. The number of rotatable bonds is 3. The van der Waals surface area contributed by atoms with Crippen LogP contribution < -0.4 is 5.32 Å². The van der Waals surface area contributed by atoms with Crippen molar-refractivity contribution in [1.82, 2.24) is 15.1 Å². The van der Waals surface area contributed by atoms with Gasteiger partial charge in [-0.15, -0.1) is 0 Å². The van der Waals surface area contributed by atoms with E-state index in [-0.39, 0.29) is 0 Å². The largest absolute Gasteiger partial charge is 0.360 e. The second kappa shape index (κ2) is 6.40. The van der Waals surface area contributed by atoms with Gasteiger partial charge >= 0.3 is 0 Å². The molecule has 0 aromatic rings. The molecule has 0 radical (unpaired) electrons. The topological polar surface area (TPSA) is 18.5 Å². The van der Waals surface area contributed by atoms with Crippen LogP contribution in [-0.4, -0.2) is 53.7 Å². The molecule has 0 atom stereocenters. The Morgan fingerprint density at radius 1 is 1.44 bits per heavy atom. The summed E-state index contributed by atoms with van der Waals surface area (Å²) < 4.78 is 0. The van der Waals surface area contributed by atoms with Gasteiger partial charge in [-0.3, -0.25) is 0 Å². The van der Waals surface area contributed by atoms with Crippen molar-refractivity contribution in [3.8, 4) is 0 Å². The van der Waals surface area contributed by atoms with E-state index in [2.05, 4.69) is 42.9 Å². The van der Waals surface area contributed by atoms with Crippen LogP contribution in [0.25, 0.3) is 0 Å². The molecule has 1 aliphatic heterocycles. The first-order valence-electron chi connectivity index (χ1n) is 6.30. The number of piperidine rings is 1. The first-order chi connectivity index (χ1) is 7.54. The molecule has 1 saturated heterocycles. The van der Waals surface area contributed by atoms with E-state index in [1.165, 1.54) is 32.5 Å². The van der Waals surface area contributed by atoms with Crippen LogP contribution >= 0.6 is 12.2 Å². The molecule has 0 saturated carbocycles. The summed E-state index contributed by atoms with van der Waals surface area (Å²) in [6.45, 7) is 10.1. The summed E-state index contributed by atoms with van der Waals surface area (Å²) in [7, 11) is 2.12. The second-order valence-electron chi connectivity index (χ2n) is 4.88. The van der Waals surface area contributed by atoms with Crippen LogP contribution in [0.4, 0.5) is 0 Å². The van der Waals surface area contributed by atoms with Crippen molar-refractivity contribution < 1.29 is 0 Å². The van der Waals surface area contributed by atoms with Crippen molar-refractivity contribution in [2.45, 2.75) is 45.7 Å². The molecule has 3 nitrogen and oxygen atoms in total. The highest BCUT2D eigenvalue weighted by atomic mass is 32.1. The third-order valence-electron chi connectivity index (χ3n) is 3.28. The van der Waals surface area contributed by atoms with E-state index in [9.17, 15) is 0 Å². The molecular formula is C12H25N3S. The predicted molar refractivity (Wildman–Crippen MR) is 73.8 cm³/mol. The van der Waals surface area contributed by atoms with Gasteiger partial charge in [-0.2, -0.15) is 0 Å². The van der Waals surface area contributed by atoms with E-state index in [0.717, 1.165) is 5.11 Å². The summed E-state index contributed by atoms with van der Waals surface area (Å²) in [6.07, 6.45) is 2.45. The Morgan fingerprint density at radius 2 is 2.00 bits per heavy atom. The van der Waals surface area contributed by atoms with E-state index in [4.69, 9.17) is 12.2 Å². The first-order valence-corrected chi connectivity index (χ1v) is 6.71. The highest BCUT2D eigenvalue weighted by Crippen LogP contribution is 2.15. The van der Waals surface area contributed by atoms with E-state index < -0.39 is 0 Å². The molecule has 0 spiro atoms. The Kier molecular flexibility index (Phi) is 5.49. The number of thiocarbonyl (C=S) groups is 1. The summed E-state index contributed by atoms with van der Waals surface area (Å²) in [5.74, 6) is 0. The zero-order valence-electron chi connectivity index (χ0n) is 11.0. The normalized spacial score (nSPS) is 18.8. The molecule has 1 aliphatic rings. The highest BCUT2D eigenvalue weighted by Gasteiger charge is 2.23. The zero-order valence-corrected chi connectivity index (χ0v) is 11.8. The van der Waals surface area contributed by atoms with Crippen molar-refractivity contribution >= 4 is 17.3 Å². The predicted octanol–water partition coefficient (Wildman–Crippen LogP) is 1.69. The lowest BCUT2D eigenvalue weighted by Gasteiger charge is -2.37. The molecule has 0 aromatic heterocycles. The second-order valence-corrected chi connectivity index (χ2v) is 5.27. The van der Waals surface area contributed by atoms with Crippen LogP contribution in [0.3, 0.4) is 0 Å². The maximum Gasteiger partial charge on any atom is 0.169 e. The van der Waals surface area contributed by atoms with Gasteiger partial charge < -0.3 is 15.1 Å². The van der Waals surface area contributed by atoms with Gasteiger partial charge in [0.25, 0.3) is 0 Å². The van der Waals surface area contributed by atoms with E-state index >= 15 is 0 Å². The minimum absolute atomic E-state index is 0.422. The van der Waals surface area contributed by atoms with Gasteiger partial charge in [-0.05, 0) is 45.5 Å². The highest BCUT2D eigenvalue weighted by molar-refractivity contribution is 7.80. The maximum atomic E-state index is 5.39. The standard InChI is InChI=1S/C12H25N3S/c1-5-15-8-6-11(7-9-15)14(4)12(16)13-10(2)3/h10-11H,5-9H2,1-4H3,(H,13,16). The third kappa shape index (κ3) is 3.91. The van der Waals surface area contributed by atoms with E-state index in [1.54, 1.807) is 0 Å². The fourth-order valence-electron chi connectivity index (χ4n) is 2.14. The van der Waals surface area contributed by atoms with Crippen molar-refractivity contribution in [3.63, 3.8) is 0 Å². The van der Waals surface area contributed by atoms with Gasteiger partial charge in [0.05, 0.1) is 0 Å². The summed E-state index contributed by atoms with van der Waals surface area (Å²) in [5.41, 5.74) is 0. The van der Waals surface area contributed by atoms with Crippen LogP contribution in [0.1, 0.15) is 33.6 Å². The van der Waals surface area contributed by atoms with Gasteiger partial charge in [0.1, 0.15) is 0 Å². The molecule has 1 rings (SSSR count). The zero-order chi connectivity index (χ0) is 12.1. The molecule has 4 heteroatoms. The third-order valence-corrected chi connectivity index (χ3v) is 3.69. The molecule has 94 valence electrons. The quantitative estimate of drug-likeness (QED) is 0.760. The lowest BCUT2D eigenvalue weighted by molar-refractivity contribution is 0.171. The smallest absolute Gasteiger partial charge is 0.169 e. The lowest BCUT2D eigenvalue weighted by Crippen LogP contribution is -2.49.